The van der Waals surface area contributed by atoms with Crippen molar-refractivity contribution < 1.29 is 9.59 Å². The number of nitrogens with zero attached hydrogens (tertiary/aromatic N) is 1. The molecule has 2 amide bonds. The second kappa shape index (κ2) is 8.38. The van der Waals surface area contributed by atoms with E-state index in [-0.39, 0.29) is 23.7 Å². The molecule has 0 heterocycles. The van der Waals surface area contributed by atoms with Crippen molar-refractivity contribution in [1.29, 1.82) is 0 Å². The van der Waals surface area contributed by atoms with Crippen LogP contribution >= 0.6 is 0 Å². The summed E-state index contributed by atoms with van der Waals surface area (Å²) in [5, 5.41) is 2.92. The number of anilines is 2. The minimum atomic E-state index is -0.0995. The summed E-state index contributed by atoms with van der Waals surface area (Å²) in [7, 11) is 0. The zero-order valence-corrected chi connectivity index (χ0v) is 17.2. The van der Waals surface area contributed by atoms with Crippen LogP contribution in [0.3, 0.4) is 0 Å². The lowest BCUT2D eigenvalue weighted by molar-refractivity contribution is -0.117. The van der Waals surface area contributed by atoms with Crippen molar-refractivity contribution >= 4 is 23.2 Å². The standard InChI is InChI=1S/C23H30N2O2/c1-16-13-17(2)15-20(14-16)24-22(27)11-12-25(18(3)26)21-9-7-19(8-10-21)23(4,5)6/h7-10,13-15H,11-12H2,1-6H3,(H,24,27). The average molecular weight is 367 g/mol. The molecular formula is C23H30N2O2. The molecule has 0 aliphatic carbocycles. The van der Waals surface area contributed by atoms with Crippen LogP contribution < -0.4 is 10.2 Å². The molecule has 0 aliphatic heterocycles. The fourth-order valence-electron chi connectivity index (χ4n) is 3.09. The summed E-state index contributed by atoms with van der Waals surface area (Å²) in [5.41, 5.74) is 5.09. The van der Waals surface area contributed by atoms with E-state index in [1.807, 2.05) is 50.2 Å². The Morgan fingerprint density at radius 1 is 0.963 bits per heavy atom. The summed E-state index contributed by atoms with van der Waals surface area (Å²) in [6.07, 6.45) is 0.244. The number of carbonyl (C=O) groups excluding carboxylic acids is 2. The van der Waals surface area contributed by atoms with Crippen LogP contribution in [0.15, 0.2) is 42.5 Å². The summed E-state index contributed by atoms with van der Waals surface area (Å²) < 4.78 is 0. The molecule has 144 valence electrons. The van der Waals surface area contributed by atoms with Gasteiger partial charge in [0.25, 0.3) is 0 Å². The van der Waals surface area contributed by atoms with Crippen LogP contribution in [0.2, 0.25) is 0 Å². The van der Waals surface area contributed by atoms with E-state index >= 15 is 0 Å². The van der Waals surface area contributed by atoms with Crippen molar-refractivity contribution in [1.82, 2.24) is 0 Å². The van der Waals surface area contributed by atoms with E-state index in [0.29, 0.717) is 6.54 Å². The predicted molar refractivity (Wildman–Crippen MR) is 112 cm³/mol. The zero-order chi connectivity index (χ0) is 20.2. The number of aryl methyl sites for hydroxylation is 2. The van der Waals surface area contributed by atoms with Crippen LogP contribution in [0.1, 0.15) is 50.8 Å². The molecule has 2 aromatic rings. The quantitative estimate of drug-likeness (QED) is 0.811. The van der Waals surface area contributed by atoms with E-state index in [1.54, 1.807) is 4.90 Å². The van der Waals surface area contributed by atoms with Gasteiger partial charge < -0.3 is 10.2 Å². The Morgan fingerprint density at radius 3 is 2.00 bits per heavy atom. The lowest BCUT2D eigenvalue weighted by Crippen LogP contribution is -2.32. The van der Waals surface area contributed by atoms with E-state index in [9.17, 15) is 9.59 Å². The Morgan fingerprint density at radius 2 is 1.52 bits per heavy atom. The van der Waals surface area contributed by atoms with Crippen molar-refractivity contribution in [2.45, 2.75) is 53.4 Å². The van der Waals surface area contributed by atoms with Gasteiger partial charge in [-0.2, -0.15) is 0 Å². The molecular weight excluding hydrogens is 336 g/mol. The zero-order valence-electron chi connectivity index (χ0n) is 17.2. The second-order valence-corrected chi connectivity index (χ2v) is 8.14. The Labute approximate surface area is 162 Å². The molecule has 0 fully saturated rings. The van der Waals surface area contributed by atoms with Crippen molar-refractivity contribution in [3.05, 3.63) is 59.2 Å². The molecule has 0 bridgehead atoms. The maximum absolute atomic E-state index is 12.3. The summed E-state index contributed by atoms with van der Waals surface area (Å²) in [4.78, 5) is 26.1. The van der Waals surface area contributed by atoms with Crippen LogP contribution in [0.4, 0.5) is 11.4 Å². The molecule has 0 unspecified atom stereocenters. The van der Waals surface area contributed by atoms with Crippen molar-refractivity contribution in [2.24, 2.45) is 0 Å². The molecule has 1 N–H and O–H groups in total. The fraction of sp³-hybridized carbons (Fsp3) is 0.391. The van der Waals surface area contributed by atoms with Crippen LogP contribution in [-0.2, 0) is 15.0 Å². The first-order chi connectivity index (χ1) is 12.6. The highest BCUT2D eigenvalue weighted by atomic mass is 16.2. The van der Waals surface area contributed by atoms with Gasteiger partial charge in [-0.25, -0.2) is 0 Å². The fourth-order valence-corrected chi connectivity index (χ4v) is 3.09. The second-order valence-electron chi connectivity index (χ2n) is 8.14. The third-order valence-corrected chi connectivity index (χ3v) is 4.49. The Bertz CT molecular complexity index is 797. The number of hydrogen-bond donors (Lipinski definition) is 1. The van der Waals surface area contributed by atoms with Gasteiger partial charge in [-0.15, -0.1) is 0 Å². The van der Waals surface area contributed by atoms with Crippen LogP contribution in [-0.4, -0.2) is 18.4 Å². The molecule has 4 heteroatoms. The molecule has 2 rings (SSSR count). The largest absolute Gasteiger partial charge is 0.326 e. The summed E-state index contributed by atoms with van der Waals surface area (Å²) in [5.74, 6) is -0.171. The molecule has 0 saturated heterocycles. The number of amides is 2. The van der Waals surface area contributed by atoms with Gasteiger partial charge in [0.05, 0.1) is 0 Å². The van der Waals surface area contributed by atoms with E-state index < -0.39 is 0 Å². The van der Waals surface area contributed by atoms with Crippen molar-refractivity contribution in [3.8, 4) is 0 Å². The third-order valence-electron chi connectivity index (χ3n) is 4.49. The highest BCUT2D eigenvalue weighted by Crippen LogP contribution is 2.25. The molecule has 27 heavy (non-hydrogen) atoms. The number of nitrogens with one attached hydrogen (secondary N) is 1. The van der Waals surface area contributed by atoms with Gasteiger partial charge in [0.15, 0.2) is 0 Å². The molecule has 0 atom stereocenters. The van der Waals surface area contributed by atoms with Crippen molar-refractivity contribution in [3.63, 3.8) is 0 Å². The van der Waals surface area contributed by atoms with E-state index in [1.165, 1.54) is 12.5 Å². The Kier molecular flexibility index (Phi) is 6.42. The van der Waals surface area contributed by atoms with E-state index in [0.717, 1.165) is 22.5 Å². The lowest BCUT2D eigenvalue weighted by atomic mass is 9.87. The van der Waals surface area contributed by atoms with Crippen molar-refractivity contribution in [2.75, 3.05) is 16.8 Å². The molecule has 4 nitrogen and oxygen atoms in total. The third kappa shape index (κ3) is 5.95. The summed E-state index contributed by atoms with van der Waals surface area (Å²) in [6, 6.07) is 13.9. The number of hydrogen-bond acceptors (Lipinski definition) is 2. The van der Waals surface area contributed by atoms with Gasteiger partial charge >= 0.3 is 0 Å². The number of benzene rings is 2. The smallest absolute Gasteiger partial charge is 0.226 e. The molecule has 0 aliphatic rings. The SMILES string of the molecule is CC(=O)N(CCC(=O)Nc1cc(C)cc(C)c1)c1ccc(C(C)(C)C)cc1. The maximum Gasteiger partial charge on any atom is 0.226 e. The first-order valence-corrected chi connectivity index (χ1v) is 9.33. The van der Waals surface area contributed by atoms with Gasteiger partial charge in [-0.1, -0.05) is 39.0 Å². The summed E-state index contributed by atoms with van der Waals surface area (Å²) in [6.45, 7) is 12.3. The minimum Gasteiger partial charge on any atom is -0.326 e. The van der Waals surface area contributed by atoms with Gasteiger partial charge in [-0.05, 0) is 60.2 Å². The monoisotopic (exact) mass is 366 g/mol. The van der Waals surface area contributed by atoms with Crippen LogP contribution in [0.25, 0.3) is 0 Å². The topological polar surface area (TPSA) is 49.4 Å². The van der Waals surface area contributed by atoms with Gasteiger partial charge in [-0.3, -0.25) is 9.59 Å². The number of carbonyl (C=O) groups is 2. The minimum absolute atomic E-state index is 0.0609. The average Bonchev–Trinajstić information content (AvgIpc) is 2.53. The first-order valence-electron chi connectivity index (χ1n) is 9.33. The van der Waals surface area contributed by atoms with Gasteiger partial charge in [0.2, 0.25) is 11.8 Å². The Balaban J connectivity index is 2.03. The predicted octanol–water partition coefficient (Wildman–Crippen LogP) is 4.98. The van der Waals surface area contributed by atoms with Crippen LogP contribution in [0, 0.1) is 13.8 Å². The van der Waals surface area contributed by atoms with Gasteiger partial charge in [0.1, 0.15) is 0 Å². The molecule has 0 spiro atoms. The summed E-state index contributed by atoms with van der Waals surface area (Å²) >= 11 is 0. The first kappa shape index (κ1) is 20.7. The molecule has 2 aromatic carbocycles. The van der Waals surface area contributed by atoms with E-state index in [2.05, 4.69) is 32.2 Å². The normalized spacial score (nSPS) is 11.2. The molecule has 0 radical (unpaired) electrons. The highest BCUT2D eigenvalue weighted by Gasteiger charge is 2.17. The number of rotatable bonds is 5. The van der Waals surface area contributed by atoms with E-state index in [4.69, 9.17) is 0 Å². The van der Waals surface area contributed by atoms with Crippen LogP contribution in [0.5, 0.6) is 0 Å². The Hall–Kier alpha value is -2.62. The van der Waals surface area contributed by atoms with Gasteiger partial charge in [0, 0.05) is 31.3 Å². The lowest BCUT2D eigenvalue weighted by Gasteiger charge is -2.23. The molecule has 0 aromatic heterocycles. The maximum atomic E-state index is 12.3. The molecule has 0 saturated carbocycles. The highest BCUT2D eigenvalue weighted by molar-refractivity contribution is 5.94.